The van der Waals surface area contributed by atoms with E-state index in [9.17, 15) is 0 Å². The Morgan fingerprint density at radius 3 is 2.43 bits per heavy atom. The molecule has 1 N–H and O–H groups in total. The van der Waals surface area contributed by atoms with Crippen molar-refractivity contribution in [2.24, 2.45) is 5.92 Å². The van der Waals surface area contributed by atoms with E-state index in [0.717, 1.165) is 19.0 Å². The molecule has 0 fully saturated rings. The van der Waals surface area contributed by atoms with E-state index in [2.05, 4.69) is 75.0 Å². The fraction of sp³-hybridized carbons (Fsp3) is 0.579. The van der Waals surface area contributed by atoms with Crippen LogP contribution in [0.5, 0.6) is 0 Å². The van der Waals surface area contributed by atoms with Crippen LogP contribution >= 0.6 is 0 Å². The van der Waals surface area contributed by atoms with E-state index < -0.39 is 0 Å². The molecule has 116 valence electrons. The van der Waals surface area contributed by atoms with Gasteiger partial charge in [0.1, 0.15) is 0 Å². The highest BCUT2D eigenvalue weighted by Gasteiger charge is 2.10. The van der Waals surface area contributed by atoms with Crippen molar-refractivity contribution in [3.63, 3.8) is 0 Å². The zero-order valence-electron chi connectivity index (χ0n) is 14.2. The van der Waals surface area contributed by atoms with Crippen molar-refractivity contribution in [3.05, 3.63) is 36.0 Å². The fourth-order valence-corrected chi connectivity index (χ4v) is 2.69. The minimum Gasteiger partial charge on any atom is -0.347 e. The molecule has 1 aromatic heterocycles. The van der Waals surface area contributed by atoms with Gasteiger partial charge in [0.15, 0.2) is 0 Å². The Morgan fingerprint density at radius 2 is 1.81 bits per heavy atom. The van der Waals surface area contributed by atoms with Crippen LogP contribution in [0.3, 0.4) is 0 Å². The van der Waals surface area contributed by atoms with Gasteiger partial charge in [-0.05, 0) is 49.8 Å². The van der Waals surface area contributed by atoms with Crippen LogP contribution < -0.4 is 5.32 Å². The second kappa shape index (κ2) is 6.65. The first kappa shape index (κ1) is 16.1. The molecule has 1 heterocycles. The molecule has 0 unspecified atom stereocenters. The first-order chi connectivity index (χ1) is 9.93. The number of aromatic nitrogens is 1. The Bertz CT molecular complexity index is 571. The lowest BCUT2D eigenvalue weighted by Gasteiger charge is -2.20. The lowest BCUT2D eigenvalue weighted by atomic mass is 10.0. The molecule has 2 rings (SSSR count). The van der Waals surface area contributed by atoms with Crippen molar-refractivity contribution < 1.29 is 0 Å². The highest BCUT2D eigenvalue weighted by Crippen LogP contribution is 2.21. The summed E-state index contributed by atoms with van der Waals surface area (Å²) in [6, 6.07) is 9.07. The van der Waals surface area contributed by atoms with Crippen LogP contribution in [0.2, 0.25) is 0 Å². The van der Waals surface area contributed by atoms with Gasteiger partial charge in [0.2, 0.25) is 0 Å². The van der Waals surface area contributed by atoms with Gasteiger partial charge in [-0.1, -0.05) is 38.8 Å². The summed E-state index contributed by atoms with van der Waals surface area (Å²) in [5.41, 5.74) is 2.89. The molecule has 21 heavy (non-hydrogen) atoms. The fourth-order valence-electron chi connectivity index (χ4n) is 2.69. The third-order valence-corrected chi connectivity index (χ3v) is 4.27. The van der Waals surface area contributed by atoms with Gasteiger partial charge in [-0.15, -0.1) is 0 Å². The largest absolute Gasteiger partial charge is 0.347 e. The SMILES string of the molecule is CCC(CC)Cn1ccc2ccc(CNC(C)(C)C)cc21. The predicted octanol–water partition coefficient (Wildman–Crippen LogP) is 4.97. The smallest absolute Gasteiger partial charge is 0.0483 e. The molecular weight excluding hydrogens is 256 g/mol. The lowest BCUT2D eigenvalue weighted by Crippen LogP contribution is -2.35. The molecule has 2 nitrogen and oxygen atoms in total. The van der Waals surface area contributed by atoms with E-state index in [4.69, 9.17) is 0 Å². The van der Waals surface area contributed by atoms with Gasteiger partial charge in [-0.3, -0.25) is 0 Å². The first-order valence-electron chi connectivity index (χ1n) is 8.25. The summed E-state index contributed by atoms with van der Waals surface area (Å²) in [4.78, 5) is 0. The monoisotopic (exact) mass is 286 g/mol. The molecule has 0 spiro atoms. The summed E-state index contributed by atoms with van der Waals surface area (Å²) >= 11 is 0. The zero-order chi connectivity index (χ0) is 15.5. The van der Waals surface area contributed by atoms with Crippen LogP contribution in [-0.2, 0) is 13.1 Å². The zero-order valence-corrected chi connectivity index (χ0v) is 14.2. The number of hydrogen-bond donors (Lipinski definition) is 1. The number of hydrogen-bond acceptors (Lipinski definition) is 1. The minimum absolute atomic E-state index is 0.159. The van der Waals surface area contributed by atoms with Crippen LogP contribution in [0.1, 0.15) is 53.0 Å². The molecular formula is C19H30N2. The van der Waals surface area contributed by atoms with E-state index >= 15 is 0 Å². The Morgan fingerprint density at radius 1 is 1.10 bits per heavy atom. The highest BCUT2D eigenvalue weighted by molar-refractivity contribution is 5.80. The van der Waals surface area contributed by atoms with Gasteiger partial charge in [0.05, 0.1) is 0 Å². The van der Waals surface area contributed by atoms with E-state index in [0.29, 0.717) is 0 Å². The molecule has 1 aromatic carbocycles. The van der Waals surface area contributed by atoms with E-state index in [1.165, 1.54) is 29.3 Å². The summed E-state index contributed by atoms with van der Waals surface area (Å²) < 4.78 is 2.42. The standard InChI is InChI=1S/C19H30N2/c1-6-15(7-2)14-21-11-10-17-9-8-16(12-18(17)21)13-20-19(3,4)5/h8-12,15,20H,6-7,13-14H2,1-5H3. The van der Waals surface area contributed by atoms with Gasteiger partial charge in [-0.2, -0.15) is 0 Å². The van der Waals surface area contributed by atoms with Gasteiger partial charge >= 0.3 is 0 Å². The van der Waals surface area contributed by atoms with Crippen LogP contribution in [0, 0.1) is 5.92 Å². The maximum atomic E-state index is 3.57. The summed E-state index contributed by atoms with van der Waals surface area (Å²) in [6.45, 7) is 13.3. The second-order valence-electron chi connectivity index (χ2n) is 7.15. The molecule has 0 saturated carbocycles. The first-order valence-corrected chi connectivity index (χ1v) is 8.25. The molecule has 2 heteroatoms. The Hall–Kier alpha value is -1.28. The lowest BCUT2D eigenvalue weighted by molar-refractivity contribution is 0.422. The number of nitrogens with one attached hydrogen (secondary N) is 1. The van der Waals surface area contributed by atoms with Gasteiger partial charge in [0.25, 0.3) is 0 Å². The van der Waals surface area contributed by atoms with E-state index in [1.807, 2.05) is 0 Å². The van der Waals surface area contributed by atoms with Crippen LogP contribution in [0.4, 0.5) is 0 Å². The van der Waals surface area contributed by atoms with Crippen molar-refractivity contribution in [3.8, 4) is 0 Å². The second-order valence-corrected chi connectivity index (χ2v) is 7.15. The average molecular weight is 286 g/mol. The summed E-state index contributed by atoms with van der Waals surface area (Å²) in [6.07, 6.45) is 4.74. The topological polar surface area (TPSA) is 17.0 Å². The summed E-state index contributed by atoms with van der Waals surface area (Å²) in [5, 5.41) is 4.92. The maximum Gasteiger partial charge on any atom is 0.0483 e. The minimum atomic E-state index is 0.159. The van der Waals surface area contributed by atoms with Gasteiger partial charge in [-0.25, -0.2) is 0 Å². The average Bonchev–Trinajstić information content (AvgIpc) is 2.84. The van der Waals surface area contributed by atoms with Gasteiger partial charge < -0.3 is 9.88 Å². The molecule has 0 amide bonds. The molecule has 0 aliphatic carbocycles. The quantitative estimate of drug-likeness (QED) is 0.793. The molecule has 0 aliphatic rings. The number of rotatable bonds is 6. The molecule has 2 aromatic rings. The molecule has 0 aliphatic heterocycles. The third-order valence-electron chi connectivity index (χ3n) is 4.27. The Balaban J connectivity index is 2.20. The van der Waals surface area contributed by atoms with Crippen LogP contribution in [0.25, 0.3) is 10.9 Å². The predicted molar refractivity (Wildman–Crippen MR) is 92.6 cm³/mol. The molecule has 0 atom stereocenters. The van der Waals surface area contributed by atoms with E-state index in [-0.39, 0.29) is 5.54 Å². The summed E-state index contributed by atoms with van der Waals surface area (Å²) in [7, 11) is 0. The van der Waals surface area contributed by atoms with Crippen molar-refractivity contribution in [2.75, 3.05) is 0 Å². The van der Waals surface area contributed by atoms with Crippen LogP contribution in [-0.4, -0.2) is 10.1 Å². The molecule has 0 radical (unpaired) electrons. The summed E-state index contributed by atoms with van der Waals surface area (Å²) in [5.74, 6) is 0.775. The number of fused-ring (bicyclic) bond motifs is 1. The Kier molecular flexibility index (Phi) is 5.10. The molecule has 0 bridgehead atoms. The normalized spacial score (nSPS) is 12.5. The number of benzene rings is 1. The third kappa shape index (κ3) is 4.34. The van der Waals surface area contributed by atoms with Crippen molar-refractivity contribution in [2.45, 2.75) is 66.1 Å². The Labute approximate surface area is 129 Å². The van der Waals surface area contributed by atoms with Crippen molar-refractivity contribution in [1.82, 2.24) is 9.88 Å². The van der Waals surface area contributed by atoms with E-state index in [1.54, 1.807) is 0 Å². The number of nitrogens with zero attached hydrogens (tertiary/aromatic N) is 1. The highest BCUT2D eigenvalue weighted by atomic mass is 15.0. The van der Waals surface area contributed by atoms with Gasteiger partial charge in [0, 0.05) is 30.3 Å². The van der Waals surface area contributed by atoms with Crippen LogP contribution in [0.15, 0.2) is 30.5 Å². The maximum absolute atomic E-state index is 3.57. The molecule has 0 saturated heterocycles. The van der Waals surface area contributed by atoms with Crippen molar-refractivity contribution >= 4 is 10.9 Å². The van der Waals surface area contributed by atoms with Crippen molar-refractivity contribution in [1.29, 1.82) is 0 Å².